The summed E-state index contributed by atoms with van der Waals surface area (Å²) in [5, 5.41) is 6.10. The van der Waals surface area contributed by atoms with Gasteiger partial charge in [0, 0.05) is 31.0 Å². The molecule has 2 saturated carbocycles. The van der Waals surface area contributed by atoms with Gasteiger partial charge in [-0.1, -0.05) is 6.42 Å². The van der Waals surface area contributed by atoms with Crippen molar-refractivity contribution in [2.45, 2.75) is 37.8 Å². The van der Waals surface area contributed by atoms with E-state index < -0.39 is 0 Å². The van der Waals surface area contributed by atoms with E-state index in [1.165, 1.54) is 19.3 Å². The van der Waals surface area contributed by atoms with E-state index in [0.717, 1.165) is 13.0 Å². The Labute approximate surface area is 96.1 Å². The van der Waals surface area contributed by atoms with Crippen molar-refractivity contribution in [3.63, 3.8) is 0 Å². The lowest BCUT2D eigenvalue weighted by Gasteiger charge is -2.63. The molecule has 3 atom stereocenters. The van der Waals surface area contributed by atoms with Crippen molar-refractivity contribution >= 4 is 5.91 Å². The van der Waals surface area contributed by atoms with E-state index in [-0.39, 0.29) is 5.91 Å². The summed E-state index contributed by atoms with van der Waals surface area (Å²) in [6.07, 6.45) is 5.53. The zero-order chi connectivity index (χ0) is 11.2. The molecular formula is C12H20N2O2. The number of carbonyl (C=O) groups is 1. The zero-order valence-electron chi connectivity index (χ0n) is 9.79. The third-order valence-corrected chi connectivity index (χ3v) is 4.80. The molecule has 2 N–H and O–H groups in total. The van der Waals surface area contributed by atoms with Gasteiger partial charge in [0.05, 0.1) is 12.6 Å². The Balaban J connectivity index is 1.63. The minimum Gasteiger partial charge on any atom is -0.377 e. The van der Waals surface area contributed by atoms with Gasteiger partial charge in [-0.25, -0.2) is 0 Å². The monoisotopic (exact) mass is 224 g/mol. The van der Waals surface area contributed by atoms with Crippen LogP contribution in [0.3, 0.4) is 0 Å². The molecule has 3 unspecified atom stereocenters. The van der Waals surface area contributed by atoms with E-state index in [9.17, 15) is 4.79 Å². The highest BCUT2D eigenvalue weighted by Crippen LogP contribution is 2.62. The second-order valence-corrected chi connectivity index (χ2v) is 5.36. The fourth-order valence-corrected chi connectivity index (χ4v) is 3.85. The molecule has 1 heterocycles. The fourth-order valence-electron chi connectivity index (χ4n) is 3.85. The van der Waals surface area contributed by atoms with Gasteiger partial charge in [-0.3, -0.25) is 4.79 Å². The number of hydrogen-bond donors (Lipinski definition) is 2. The number of amides is 1. The van der Waals surface area contributed by atoms with E-state index in [4.69, 9.17) is 4.74 Å². The number of ether oxygens (including phenoxy) is 1. The van der Waals surface area contributed by atoms with Crippen LogP contribution in [0.4, 0.5) is 0 Å². The lowest BCUT2D eigenvalue weighted by molar-refractivity contribution is -0.176. The second-order valence-electron chi connectivity index (χ2n) is 5.36. The normalized spacial score (nSPS) is 38.7. The molecule has 1 aliphatic heterocycles. The van der Waals surface area contributed by atoms with Crippen molar-refractivity contribution in [2.24, 2.45) is 11.3 Å². The van der Waals surface area contributed by atoms with Crippen LogP contribution in [0.25, 0.3) is 0 Å². The van der Waals surface area contributed by atoms with Crippen molar-refractivity contribution in [2.75, 3.05) is 20.2 Å². The molecule has 0 radical (unpaired) electrons. The highest BCUT2D eigenvalue weighted by Gasteiger charge is 2.66. The van der Waals surface area contributed by atoms with Crippen molar-refractivity contribution in [1.82, 2.24) is 10.6 Å². The Bertz CT molecular complexity index is 301. The Morgan fingerprint density at radius 1 is 1.50 bits per heavy atom. The molecule has 3 aliphatic rings. The first kappa shape index (κ1) is 10.5. The Hall–Kier alpha value is -0.610. The maximum atomic E-state index is 11.3. The minimum absolute atomic E-state index is 0.0804. The summed E-state index contributed by atoms with van der Waals surface area (Å²) < 4.78 is 5.83. The summed E-state index contributed by atoms with van der Waals surface area (Å²) in [5.41, 5.74) is 0.384. The quantitative estimate of drug-likeness (QED) is 0.724. The lowest BCUT2D eigenvalue weighted by Crippen LogP contribution is -2.71. The average Bonchev–Trinajstić information content (AvgIpc) is 2.61. The van der Waals surface area contributed by atoms with E-state index in [1.54, 1.807) is 7.05 Å². The smallest absolute Gasteiger partial charge is 0.233 e. The summed E-state index contributed by atoms with van der Waals surface area (Å²) in [4.78, 5) is 11.3. The molecule has 0 aromatic carbocycles. The zero-order valence-corrected chi connectivity index (χ0v) is 9.79. The van der Waals surface area contributed by atoms with Crippen LogP contribution >= 0.6 is 0 Å². The number of fused-ring (bicyclic) bond motifs is 2. The van der Waals surface area contributed by atoms with Gasteiger partial charge < -0.3 is 15.4 Å². The molecular weight excluding hydrogens is 204 g/mol. The summed E-state index contributed by atoms with van der Waals surface area (Å²) in [6, 6.07) is 0.519. The summed E-state index contributed by atoms with van der Waals surface area (Å²) >= 11 is 0. The maximum absolute atomic E-state index is 11.3. The van der Waals surface area contributed by atoms with Crippen LogP contribution in [0.1, 0.15) is 25.7 Å². The molecule has 2 aliphatic carbocycles. The Morgan fingerprint density at radius 2 is 2.31 bits per heavy atom. The van der Waals surface area contributed by atoms with Gasteiger partial charge in [0.25, 0.3) is 0 Å². The predicted octanol–water partition coefficient (Wildman–Crippen LogP) is 0.280. The average molecular weight is 224 g/mol. The van der Waals surface area contributed by atoms with E-state index in [1.807, 2.05) is 0 Å². The van der Waals surface area contributed by atoms with Crippen molar-refractivity contribution in [3.05, 3.63) is 0 Å². The van der Waals surface area contributed by atoms with Crippen LogP contribution < -0.4 is 10.6 Å². The van der Waals surface area contributed by atoms with Gasteiger partial charge >= 0.3 is 0 Å². The van der Waals surface area contributed by atoms with Gasteiger partial charge in [0.1, 0.15) is 0 Å². The van der Waals surface area contributed by atoms with Crippen LogP contribution in [0.15, 0.2) is 0 Å². The molecule has 90 valence electrons. The van der Waals surface area contributed by atoms with Crippen molar-refractivity contribution in [1.29, 1.82) is 0 Å². The molecule has 1 saturated heterocycles. The van der Waals surface area contributed by atoms with Crippen LogP contribution in [-0.4, -0.2) is 38.3 Å². The Morgan fingerprint density at radius 3 is 2.94 bits per heavy atom. The first-order chi connectivity index (χ1) is 7.78. The summed E-state index contributed by atoms with van der Waals surface area (Å²) in [7, 11) is 1.69. The molecule has 4 nitrogen and oxygen atoms in total. The molecule has 16 heavy (non-hydrogen) atoms. The van der Waals surface area contributed by atoms with Gasteiger partial charge in [0.2, 0.25) is 5.91 Å². The first-order valence-electron chi connectivity index (χ1n) is 6.33. The van der Waals surface area contributed by atoms with E-state index >= 15 is 0 Å². The van der Waals surface area contributed by atoms with Gasteiger partial charge in [0.15, 0.2) is 0 Å². The Kier molecular flexibility index (Phi) is 2.44. The van der Waals surface area contributed by atoms with Crippen molar-refractivity contribution in [3.8, 4) is 0 Å². The van der Waals surface area contributed by atoms with Gasteiger partial charge in [-0.2, -0.15) is 0 Å². The highest BCUT2D eigenvalue weighted by atomic mass is 16.5. The fraction of sp³-hybridized carbons (Fsp3) is 0.917. The maximum Gasteiger partial charge on any atom is 0.233 e. The number of likely N-dealkylation sites (N-methyl/N-ethyl adjacent to an activating group) is 1. The molecule has 3 rings (SSSR count). The van der Waals surface area contributed by atoms with Gasteiger partial charge in [-0.05, 0) is 19.3 Å². The molecule has 1 spiro atoms. The third kappa shape index (κ3) is 1.26. The lowest BCUT2D eigenvalue weighted by atomic mass is 9.46. The SMILES string of the molecule is CNC(=O)CNC1C2CCOC2C12CCC2. The molecule has 3 fully saturated rings. The van der Waals surface area contributed by atoms with Crippen LogP contribution in [-0.2, 0) is 9.53 Å². The highest BCUT2D eigenvalue weighted by molar-refractivity contribution is 5.77. The minimum atomic E-state index is 0.0804. The largest absolute Gasteiger partial charge is 0.377 e. The van der Waals surface area contributed by atoms with E-state index in [0.29, 0.717) is 30.0 Å². The van der Waals surface area contributed by atoms with Crippen LogP contribution in [0.5, 0.6) is 0 Å². The number of rotatable bonds is 3. The summed E-state index contributed by atoms with van der Waals surface area (Å²) in [5.74, 6) is 0.738. The first-order valence-corrected chi connectivity index (χ1v) is 6.33. The molecule has 0 aromatic rings. The molecule has 4 heteroatoms. The topological polar surface area (TPSA) is 50.4 Å². The number of carbonyl (C=O) groups excluding carboxylic acids is 1. The molecule has 0 aromatic heterocycles. The number of hydrogen-bond acceptors (Lipinski definition) is 3. The van der Waals surface area contributed by atoms with Crippen LogP contribution in [0, 0.1) is 11.3 Å². The standard InChI is InChI=1S/C12H20N2O2/c1-13-9(15)7-14-10-8-3-6-16-11(8)12(10)4-2-5-12/h8,10-11,14H,2-7H2,1H3,(H,13,15). The molecule has 1 amide bonds. The second kappa shape index (κ2) is 3.70. The predicted molar refractivity (Wildman–Crippen MR) is 60.0 cm³/mol. The third-order valence-electron chi connectivity index (χ3n) is 4.80. The molecule has 0 bridgehead atoms. The van der Waals surface area contributed by atoms with Gasteiger partial charge in [-0.15, -0.1) is 0 Å². The van der Waals surface area contributed by atoms with E-state index in [2.05, 4.69) is 10.6 Å². The van der Waals surface area contributed by atoms with Crippen molar-refractivity contribution < 1.29 is 9.53 Å². The summed E-state index contributed by atoms with van der Waals surface area (Å²) in [6.45, 7) is 1.36. The number of nitrogens with one attached hydrogen (secondary N) is 2. The van der Waals surface area contributed by atoms with Crippen LogP contribution in [0.2, 0.25) is 0 Å².